The summed E-state index contributed by atoms with van der Waals surface area (Å²) in [6.07, 6.45) is 11.3. The SMILES string of the molecule is CC1(C)CC(c2ccccc2N2CCN(C[C@@H]3C[C@H]3CC#N)CC2)CC(C)(C)C1.CC1(C)CC(c2ccccc2N2CCN(C[C@@H]3C[C@H]3CCl)CC2)CC(C)(C)C1. The van der Waals surface area contributed by atoms with Crippen LogP contribution in [-0.4, -0.2) is 81.1 Å². The molecule has 314 valence electrons. The number of para-hydroxylation sites is 2. The Morgan fingerprint density at radius 3 is 1.28 bits per heavy atom. The largest absolute Gasteiger partial charge is 0.369 e. The third kappa shape index (κ3) is 11.3. The van der Waals surface area contributed by atoms with Crippen molar-refractivity contribution in [1.29, 1.82) is 5.26 Å². The molecule has 2 aromatic rings. The van der Waals surface area contributed by atoms with Crippen molar-refractivity contribution in [2.45, 2.75) is 125 Å². The van der Waals surface area contributed by atoms with E-state index in [9.17, 15) is 0 Å². The quantitative estimate of drug-likeness (QED) is 0.224. The van der Waals surface area contributed by atoms with E-state index in [0.717, 1.165) is 69.3 Å². The maximum absolute atomic E-state index is 8.89. The van der Waals surface area contributed by atoms with Crippen LogP contribution in [0.25, 0.3) is 0 Å². The molecule has 5 nitrogen and oxygen atoms in total. The molecule has 4 atom stereocenters. The number of nitriles is 1. The van der Waals surface area contributed by atoms with Crippen molar-refractivity contribution in [3.63, 3.8) is 0 Å². The van der Waals surface area contributed by atoms with Gasteiger partial charge in [-0.2, -0.15) is 5.26 Å². The van der Waals surface area contributed by atoms with Crippen LogP contribution in [0.3, 0.4) is 0 Å². The maximum Gasteiger partial charge on any atom is 0.0624 e. The standard InChI is InChI=1S/C26H39N3.C25H39ClN2/c1-25(2)16-22(17-26(3,4)19-25)23-7-5-6-8-24(23)29-13-11-28(12-14-29)18-21-15-20(21)9-10-27;1-24(2)14-21(15-25(3,4)18-24)22-7-5-6-8-23(22)28-11-9-27(10-12-28)17-20-13-19(20)16-26/h5-8,20-22H,9,11-19H2,1-4H3;5-8,19-21H,9-18H2,1-4H3/t20-,21+;19-,20-/m10/s1. The van der Waals surface area contributed by atoms with Crippen molar-refractivity contribution in [3.8, 4) is 6.07 Å². The van der Waals surface area contributed by atoms with E-state index in [-0.39, 0.29) is 0 Å². The number of nitrogens with zero attached hydrogens (tertiary/aromatic N) is 5. The van der Waals surface area contributed by atoms with Crippen molar-refractivity contribution in [2.24, 2.45) is 45.3 Å². The van der Waals surface area contributed by atoms with E-state index in [1.165, 1.54) is 88.9 Å². The number of benzene rings is 2. The van der Waals surface area contributed by atoms with Crippen LogP contribution in [0.5, 0.6) is 0 Å². The molecule has 2 saturated heterocycles. The predicted octanol–water partition coefficient (Wildman–Crippen LogP) is 11.7. The summed E-state index contributed by atoms with van der Waals surface area (Å²) in [6, 6.07) is 20.9. The third-order valence-corrected chi connectivity index (χ3v) is 15.4. The van der Waals surface area contributed by atoms with Gasteiger partial charge in [-0.05, 0) is 132 Å². The van der Waals surface area contributed by atoms with Gasteiger partial charge in [-0.25, -0.2) is 0 Å². The van der Waals surface area contributed by atoms with Crippen molar-refractivity contribution < 1.29 is 0 Å². The highest BCUT2D eigenvalue weighted by Gasteiger charge is 2.43. The van der Waals surface area contributed by atoms with Gasteiger partial charge < -0.3 is 9.80 Å². The van der Waals surface area contributed by atoms with Crippen LogP contribution in [-0.2, 0) is 0 Å². The molecule has 0 amide bonds. The lowest BCUT2D eigenvalue weighted by Crippen LogP contribution is -2.47. The van der Waals surface area contributed by atoms with Crippen LogP contribution >= 0.6 is 11.6 Å². The van der Waals surface area contributed by atoms with E-state index < -0.39 is 0 Å². The average molecular weight is 797 g/mol. The molecule has 57 heavy (non-hydrogen) atoms. The molecule has 6 heteroatoms. The molecule has 2 aromatic carbocycles. The summed E-state index contributed by atoms with van der Waals surface area (Å²) in [5.41, 5.74) is 7.87. The Kier molecular flexibility index (Phi) is 13.1. The van der Waals surface area contributed by atoms with Gasteiger partial charge >= 0.3 is 0 Å². The molecule has 0 N–H and O–H groups in total. The second kappa shape index (κ2) is 17.4. The summed E-state index contributed by atoms with van der Waals surface area (Å²) in [5, 5.41) is 8.89. The number of hydrogen-bond donors (Lipinski definition) is 0. The number of piperazine rings is 2. The second-order valence-corrected chi connectivity index (χ2v) is 23.3. The van der Waals surface area contributed by atoms with Gasteiger partial charge in [0, 0.05) is 89.1 Å². The summed E-state index contributed by atoms with van der Waals surface area (Å²) >= 11 is 6.02. The van der Waals surface area contributed by atoms with E-state index in [2.05, 4.69) is 130 Å². The Balaban J connectivity index is 0.000000174. The molecule has 2 heterocycles. The highest BCUT2D eigenvalue weighted by molar-refractivity contribution is 6.18. The Morgan fingerprint density at radius 1 is 0.544 bits per heavy atom. The Labute approximate surface area is 353 Å². The fourth-order valence-electron chi connectivity index (χ4n) is 13.0. The van der Waals surface area contributed by atoms with Gasteiger partial charge in [-0.3, -0.25) is 9.80 Å². The molecule has 6 fully saturated rings. The average Bonchev–Trinajstić information content (AvgIpc) is 4.07. The van der Waals surface area contributed by atoms with Gasteiger partial charge in [0.1, 0.15) is 0 Å². The molecular formula is C51H78ClN5. The number of halogens is 1. The van der Waals surface area contributed by atoms with Crippen LogP contribution in [0.2, 0.25) is 0 Å². The summed E-state index contributed by atoms with van der Waals surface area (Å²) in [4.78, 5) is 10.6. The number of rotatable bonds is 10. The van der Waals surface area contributed by atoms with Crippen LogP contribution in [0, 0.1) is 56.7 Å². The minimum atomic E-state index is 0.419. The van der Waals surface area contributed by atoms with E-state index >= 15 is 0 Å². The van der Waals surface area contributed by atoms with Crippen molar-refractivity contribution in [1.82, 2.24) is 9.80 Å². The maximum atomic E-state index is 8.89. The molecule has 0 unspecified atom stereocenters. The topological polar surface area (TPSA) is 36.8 Å². The first kappa shape index (κ1) is 42.8. The fraction of sp³-hybridized carbons (Fsp3) is 0.745. The highest BCUT2D eigenvalue weighted by atomic mass is 35.5. The minimum Gasteiger partial charge on any atom is -0.369 e. The molecule has 4 saturated carbocycles. The second-order valence-electron chi connectivity index (χ2n) is 22.9. The van der Waals surface area contributed by atoms with Gasteiger partial charge in [0.15, 0.2) is 0 Å². The Bertz CT molecular complexity index is 1640. The molecular weight excluding hydrogens is 718 g/mol. The highest BCUT2D eigenvalue weighted by Crippen LogP contribution is 2.54. The van der Waals surface area contributed by atoms with Gasteiger partial charge in [0.25, 0.3) is 0 Å². The Morgan fingerprint density at radius 2 is 0.912 bits per heavy atom. The van der Waals surface area contributed by atoms with Gasteiger partial charge in [-0.1, -0.05) is 91.8 Å². The molecule has 8 rings (SSSR count). The molecule has 4 aliphatic carbocycles. The summed E-state index contributed by atoms with van der Waals surface area (Å²) in [6.45, 7) is 31.5. The van der Waals surface area contributed by atoms with Crippen LogP contribution in [0.15, 0.2) is 48.5 Å². The van der Waals surface area contributed by atoms with E-state index in [0.29, 0.717) is 39.4 Å². The van der Waals surface area contributed by atoms with Crippen LogP contribution in [0.4, 0.5) is 11.4 Å². The van der Waals surface area contributed by atoms with Gasteiger partial charge in [-0.15, -0.1) is 11.6 Å². The number of hydrogen-bond acceptors (Lipinski definition) is 5. The predicted molar refractivity (Wildman–Crippen MR) is 243 cm³/mol. The smallest absolute Gasteiger partial charge is 0.0624 e. The van der Waals surface area contributed by atoms with Crippen LogP contribution < -0.4 is 9.80 Å². The summed E-state index contributed by atoms with van der Waals surface area (Å²) in [7, 11) is 0. The first-order chi connectivity index (χ1) is 27.0. The van der Waals surface area contributed by atoms with Crippen LogP contribution in [0.1, 0.15) is 136 Å². The molecule has 2 aliphatic heterocycles. The molecule has 6 aliphatic rings. The lowest BCUT2D eigenvalue weighted by atomic mass is 9.60. The summed E-state index contributed by atoms with van der Waals surface area (Å²) < 4.78 is 0. The zero-order valence-electron chi connectivity index (χ0n) is 37.3. The van der Waals surface area contributed by atoms with E-state index in [1.54, 1.807) is 11.1 Å². The molecule has 0 aromatic heterocycles. The zero-order valence-corrected chi connectivity index (χ0v) is 38.1. The third-order valence-electron chi connectivity index (χ3n) is 15.0. The normalized spacial score (nSPS) is 29.9. The van der Waals surface area contributed by atoms with E-state index in [4.69, 9.17) is 16.9 Å². The van der Waals surface area contributed by atoms with Crippen molar-refractivity contribution in [3.05, 3.63) is 59.7 Å². The van der Waals surface area contributed by atoms with Crippen molar-refractivity contribution >= 4 is 23.0 Å². The zero-order chi connectivity index (χ0) is 40.6. The van der Waals surface area contributed by atoms with Crippen molar-refractivity contribution in [2.75, 3.05) is 81.1 Å². The first-order valence-electron chi connectivity index (χ1n) is 23.1. The lowest BCUT2D eigenvalue weighted by Gasteiger charge is -2.46. The molecule has 0 spiro atoms. The Hall–Kier alpha value is -2.26. The monoisotopic (exact) mass is 796 g/mol. The fourth-order valence-corrected chi connectivity index (χ4v) is 13.4. The molecule has 0 bridgehead atoms. The van der Waals surface area contributed by atoms with Gasteiger partial charge in [0.05, 0.1) is 6.07 Å². The first-order valence-corrected chi connectivity index (χ1v) is 23.6. The number of alkyl halides is 1. The lowest BCUT2D eigenvalue weighted by molar-refractivity contribution is 0.0966. The summed E-state index contributed by atoms with van der Waals surface area (Å²) in [5.74, 6) is 5.31. The minimum absolute atomic E-state index is 0.419. The van der Waals surface area contributed by atoms with Gasteiger partial charge in [0.2, 0.25) is 0 Å². The van der Waals surface area contributed by atoms with E-state index in [1.807, 2.05) is 0 Å². The molecule has 0 radical (unpaired) electrons. The number of anilines is 2.